The zero-order valence-electron chi connectivity index (χ0n) is 12.9. The number of nitrogens with one attached hydrogen (secondary N) is 1. The Morgan fingerprint density at radius 2 is 2.00 bits per heavy atom. The predicted octanol–water partition coefficient (Wildman–Crippen LogP) is 3.49. The number of nitrogens with zero attached hydrogens (tertiary/aromatic N) is 1. The summed E-state index contributed by atoms with van der Waals surface area (Å²) in [5.74, 6) is 1.44. The van der Waals surface area contributed by atoms with E-state index >= 15 is 0 Å². The number of hydrogen-bond acceptors (Lipinski definition) is 2. The number of amides is 2. The minimum Gasteiger partial charge on any atom is -0.324 e. The maximum atomic E-state index is 11.6. The van der Waals surface area contributed by atoms with Crippen molar-refractivity contribution < 1.29 is 4.79 Å². The predicted molar refractivity (Wildman–Crippen MR) is 85.0 cm³/mol. The van der Waals surface area contributed by atoms with E-state index in [1.807, 2.05) is 13.1 Å². The first kappa shape index (κ1) is 14.4. The quantitative estimate of drug-likeness (QED) is 0.874. The van der Waals surface area contributed by atoms with E-state index in [-0.39, 0.29) is 12.1 Å². The number of urea groups is 1. The molecule has 1 aliphatic heterocycles. The van der Waals surface area contributed by atoms with Gasteiger partial charge in [-0.25, -0.2) is 4.79 Å². The van der Waals surface area contributed by atoms with Crippen molar-refractivity contribution in [3.63, 3.8) is 0 Å². The van der Waals surface area contributed by atoms with Gasteiger partial charge >= 0.3 is 6.03 Å². The maximum Gasteiger partial charge on any atom is 0.321 e. The summed E-state index contributed by atoms with van der Waals surface area (Å²) in [5.41, 5.74) is 9.80. The lowest BCUT2D eigenvalue weighted by molar-refractivity contribution is 0.218. The number of fused-ring (bicyclic) bond motifs is 1. The molecule has 1 fully saturated rings. The fourth-order valence-corrected chi connectivity index (χ4v) is 3.53. The molecule has 0 radical (unpaired) electrons. The van der Waals surface area contributed by atoms with E-state index in [0.29, 0.717) is 12.5 Å². The average Bonchev–Trinajstić information content (AvgIpc) is 2.48. The molecule has 4 heteroatoms. The molecule has 3 N–H and O–H groups in total. The fraction of sp³-hybridized carbons (Fsp3) is 0.588. The van der Waals surface area contributed by atoms with Crippen molar-refractivity contribution in [2.24, 2.45) is 17.6 Å². The van der Waals surface area contributed by atoms with Gasteiger partial charge in [0.2, 0.25) is 0 Å². The topological polar surface area (TPSA) is 58.4 Å². The van der Waals surface area contributed by atoms with E-state index < -0.39 is 0 Å². The van der Waals surface area contributed by atoms with Gasteiger partial charge in [-0.1, -0.05) is 31.9 Å². The summed E-state index contributed by atoms with van der Waals surface area (Å²) in [6.07, 6.45) is 5.05. The van der Waals surface area contributed by atoms with Gasteiger partial charge in [0, 0.05) is 25.3 Å². The number of hydrogen-bond donors (Lipinski definition) is 2. The van der Waals surface area contributed by atoms with Gasteiger partial charge in [0.25, 0.3) is 0 Å². The lowest BCUT2D eigenvalue weighted by Gasteiger charge is -2.32. The van der Waals surface area contributed by atoms with E-state index in [4.69, 9.17) is 5.73 Å². The molecule has 1 saturated carbocycles. The highest BCUT2D eigenvalue weighted by Gasteiger charge is 2.26. The molecule has 1 atom stereocenters. The lowest BCUT2D eigenvalue weighted by atomic mass is 9.77. The van der Waals surface area contributed by atoms with Crippen molar-refractivity contribution >= 4 is 11.7 Å². The Morgan fingerprint density at radius 1 is 1.29 bits per heavy atom. The summed E-state index contributed by atoms with van der Waals surface area (Å²) < 4.78 is 0. The monoisotopic (exact) mass is 287 g/mol. The first-order chi connectivity index (χ1) is 10.0. The summed E-state index contributed by atoms with van der Waals surface area (Å²) >= 11 is 0. The Hall–Kier alpha value is -1.55. The molecule has 0 bridgehead atoms. The van der Waals surface area contributed by atoms with Crippen LogP contribution in [0.1, 0.15) is 49.8 Å². The van der Waals surface area contributed by atoms with Crippen LogP contribution in [0, 0.1) is 11.8 Å². The molecule has 0 saturated heterocycles. The van der Waals surface area contributed by atoms with Crippen LogP contribution in [-0.2, 0) is 6.54 Å². The molecule has 1 aliphatic carbocycles. The second-order valence-corrected chi connectivity index (χ2v) is 6.75. The SMILES string of the molecule is CC1CCC(C(N)c2ccc3c(c2)CN(C)C(=O)N3)CC1. The van der Waals surface area contributed by atoms with Crippen molar-refractivity contribution in [2.45, 2.75) is 45.2 Å². The van der Waals surface area contributed by atoms with Crippen molar-refractivity contribution in [3.8, 4) is 0 Å². The van der Waals surface area contributed by atoms with Crippen molar-refractivity contribution in [3.05, 3.63) is 29.3 Å². The second kappa shape index (κ2) is 5.68. The summed E-state index contributed by atoms with van der Waals surface area (Å²) in [6.45, 7) is 2.99. The minimum absolute atomic E-state index is 0.0409. The van der Waals surface area contributed by atoms with Crippen molar-refractivity contribution in [2.75, 3.05) is 12.4 Å². The summed E-state index contributed by atoms with van der Waals surface area (Å²) in [5, 5.41) is 2.91. The zero-order valence-corrected chi connectivity index (χ0v) is 12.9. The third-order valence-corrected chi connectivity index (χ3v) is 5.08. The fourth-order valence-electron chi connectivity index (χ4n) is 3.53. The first-order valence-corrected chi connectivity index (χ1v) is 7.95. The summed E-state index contributed by atoms with van der Waals surface area (Å²) in [7, 11) is 1.81. The third-order valence-electron chi connectivity index (χ3n) is 5.08. The van der Waals surface area contributed by atoms with Crippen LogP contribution in [0.2, 0.25) is 0 Å². The van der Waals surface area contributed by atoms with Gasteiger partial charge in [-0.15, -0.1) is 0 Å². The standard InChI is InChI=1S/C17H25N3O/c1-11-3-5-12(6-4-11)16(18)13-7-8-15-14(9-13)10-20(2)17(21)19-15/h7-9,11-12,16H,3-6,10,18H2,1-2H3,(H,19,21). The number of benzene rings is 1. The molecule has 2 aliphatic rings. The number of carbonyl (C=O) groups is 1. The Labute approximate surface area is 126 Å². The van der Waals surface area contributed by atoms with E-state index in [1.54, 1.807) is 4.90 Å². The van der Waals surface area contributed by atoms with Crippen molar-refractivity contribution in [1.29, 1.82) is 0 Å². The van der Waals surface area contributed by atoms with Gasteiger partial charge in [-0.05, 0) is 41.9 Å². The van der Waals surface area contributed by atoms with Gasteiger partial charge in [-0.2, -0.15) is 0 Å². The van der Waals surface area contributed by atoms with E-state index in [9.17, 15) is 4.79 Å². The largest absolute Gasteiger partial charge is 0.324 e. The molecule has 21 heavy (non-hydrogen) atoms. The number of nitrogens with two attached hydrogens (primary N) is 1. The van der Waals surface area contributed by atoms with Crippen LogP contribution < -0.4 is 11.1 Å². The van der Waals surface area contributed by atoms with E-state index in [2.05, 4.69) is 24.4 Å². The van der Waals surface area contributed by atoms with E-state index in [0.717, 1.165) is 17.2 Å². The average molecular weight is 287 g/mol. The van der Waals surface area contributed by atoms with Gasteiger partial charge in [0.15, 0.2) is 0 Å². The van der Waals surface area contributed by atoms with Crippen LogP contribution in [0.25, 0.3) is 0 Å². The van der Waals surface area contributed by atoms with Gasteiger partial charge in [0.1, 0.15) is 0 Å². The molecule has 1 unspecified atom stereocenters. The van der Waals surface area contributed by atoms with Crippen LogP contribution in [0.15, 0.2) is 18.2 Å². The van der Waals surface area contributed by atoms with Crippen LogP contribution in [-0.4, -0.2) is 18.0 Å². The third kappa shape index (κ3) is 2.91. The first-order valence-electron chi connectivity index (χ1n) is 7.95. The van der Waals surface area contributed by atoms with Crippen molar-refractivity contribution in [1.82, 2.24) is 4.90 Å². The maximum absolute atomic E-state index is 11.6. The molecule has 4 nitrogen and oxygen atoms in total. The number of rotatable bonds is 2. The Balaban J connectivity index is 1.77. The minimum atomic E-state index is -0.0409. The highest BCUT2D eigenvalue weighted by Crippen LogP contribution is 2.36. The van der Waals surface area contributed by atoms with Crippen LogP contribution in [0.3, 0.4) is 0 Å². The van der Waals surface area contributed by atoms with Crippen LogP contribution in [0.4, 0.5) is 10.5 Å². The Bertz CT molecular complexity index is 535. The Morgan fingerprint density at radius 3 is 2.71 bits per heavy atom. The van der Waals surface area contributed by atoms with Gasteiger partial charge < -0.3 is 16.0 Å². The molecule has 1 aromatic carbocycles. The van der Waals surface area contributed by atoms with Gasteiger partial charge in [-0.3, -0.25) is 0 Å². The van der Waals surface area contributed by atoms with Gasteiger partial charge in [0.05, 0.1) is 0 Å². The smallest absolute Gasteiger partial charge is 0.321 e. The summed E-state index contributed by atoms with van der Waals surface area (Å²) in [4.78, 5) is 13.3. The molecule has 1 heterocycles. The normalized spacial score (nSPS) is 27.0. The molecule has 3 rings (SSSR count). The number of anilines is 1. The molecule has 1 aromatic rings. The second-order valence-electron chi connectivity index (χ2n) is 6.75. The number of carbonyl (C=O) groups excluding carboxylic acids is 1. The molecule has 0 spiro atoms. The lowest BCUT2D eigenvalue weighted by Crippen LogP contribution is -2.35. The zero-order chi connectivity index (χ0) is 15.0. The summed E-state index contributed by atoms with van der Waals surface area (Å²) in [6, 6.07) is 6.33. The molecule has 2 amide bonds. The molecule has 114 valence electrons. The van der Waals surface area contributed by atoms with Crippen LogP contribution in [0.5, 0.6) is 0 Å². The molecular weight excluding hydrogens is 262 g/mol. The molecular formula is C17H25N3O. The molecule has 0 aromatic heterocycles. The highest BCUT2D eigenvalue weighted by molar-refractivity contribution is 5.92. The van der Waals surface area contributed by atoms with E-state index in [1.165, 1.54) is 31.2 Å². The Kier molecular flexibility index (Phi) is 3.89. The van der Waals surface area contributed by atoms with Crippen LogP contribution >= 0.6 is 0 Å². The highest BCUT2D eigenvalue weighted by atomic mass is 16.2.